The van der Waals surface area contributed by atoms with E-state index in [1.54, 1.807) is 6.07 Å². The summed E-state index contributed by atoms with van der Waals surface area (Å²) >= 11 is 0. The lowest BCUT2D eigenvalue weighted by Crippen LogP contribution is -2.48. The van der Waals surface area contributed by atoms with Gasteiger partial charge in [0.15, 0.2) is 0 Å². The van der Waals surface area contributed by atoms with Gasteiger partial charge in [0.25, 0.3) is 0 Å². The van der Waals surface area contributed by atoms with Crippen molar-refractivity contribution in [2.45, 2.75) is 32.7 Å². The number of aromatic nitrogens is 1. The van der Waals surface area contributed by atoms with Gasteiger partial charge in [-0.1, -0.05) is 12.1 Å². The molecule has 1 aliphatic rings. The van der Waals surface area contributed by atoms with Crippen LogP contribution >= 0.6 is 0 Å². The molecule has 6 heteroatoms. The van der Waals surface area contributed by atoms with Crippen molar-refractivity contribution in [3.63, 3.8) is 0 Å². The number of amides is 1. The summed E-state index contributed by atoms with van der Waals surface area (Å²) < 4.78 is 4.98. The molecule has 2 heterocycles. The minimum Gasteiger partial charge on any atom is -0.338 e. The third-order valence-electron chi connectivity index (χ3n) is 3.43. The molecular formula is C13H22N4O2. The van der Waals surface area contributed by atoms with Crippen LogP contribution in [-0.2, 0) is 4.79 Å². The van der Waals surface area contributed by atoms with E-state index >= 15 is 0 Å². The van der Waals surface area contributed by atoms with Gasteiger partial charge >= 0.3 is 0 Å². The molecule has 2 rings (SSSR count). The van der Waals surface area contributed by atoms with Gasteiger partial charge in [-0.15, -0.1) is 0 Å². The van der Waals surface area contributed by atoms with Crippen molar-refractivity contribution >= 4 is 11.8 Å². The molecule has 1 atom stereocenters. The number of carbonyl (C=O) groups is 1. The second-order valence-electron chi connectivity index (χ2n) is 4.94. The van der Waals surface area contributed by atoms with E-state index in [-0.39, 0.29) is 5.91 Å². The summed E-state index contributed by atoms with van der Waals surface area (Å²) in [5.41, 5.74) is 0.763. The molecule has 1 aromatic heterocycles. The van der Waals surface area contributed by atoms with Crippen LogP contribution in [0.2, 0.25) is 0 Å². The maximum Gasteiger partial charge on any atom is 0.240 e. The number of nitrogens with zero attached hydrogens (tertiary/aromatic N) is 2. The molecule has 1 aromatic rings. The standard InChI is InChI=1S/C13H22N4O2/c1-3-17(11-5-4-6-14-8-11)9-12(18)15-13-7-10(2)16-19-13/h7,11,14H,3-6,8-9H2,1-2H3,(H,15,18). The number of nitrogens with one attached hydrogen (secondary N) is 2. The maximum absolute atomic E-state index is 12.0. The highest BCUT2D eigenvalue weighted by atomic mass is 16.5. The first kappa shape index (κ1) is 14.0. The Hall–Kier alpha value is -1.40. The summed E-state index contributed by atoms with van der Waals surface area (Å²) in [6.07, 6.45) is 2.32. The van der Waals surface area contributed by atoms with E-state index < -0.39 is 0 Å². The molecule has 106 valence electrons. The zero-order chi connectivity index (χ0) is 13.7. The van der Waals surface area contributed by atoms with Gasteiger partial charge in [-0.25, -0.2) is 0 Å². The van der Waals surface area contributed by atoms with Gasteiger partial charge in [0.05, 0.1) is 12.2 Å². The van der Waals surface area contributed by atoms with Crippen LogP contribution in [0.1, 0.15) is 25.5 Å². The molecule has 0 spiro atoms. The average molecular weight is 266 g/mol. The molecule has 19 heavy (non-hydrogen) atoms. The summed E-state index contributed by atoms with van der Waals surface area (Å²) in [5.74, 6) is 0.365. The van der Waals surface area contributed by atoms with E-state index in [1.165, 1.54) is 6.42 Å². The number of anilines is 1. The number of aryl methyl sites for hydroxylation is 1. The van der Waals surface area contributed by atoms with Crippen molar-refractivity contribution < 1.29 is 9.32 Å². The Morgan fingerprint density at radius 1 is 1.68 bits per heavy atom. The molecule has 1 amide bonds. The van der Waals surface area contributed by atoms with Crippen molar-refractivity contribution in [1.82, 2.24) is 15.4 Å². The van der Waals surface area contributed by atoms with Gasteiger partial charge in [0, 0.05) is 18.7 Å². The minimum absolute atomic E-state index is 0.0522. The van der Waals surface area contributed by atoms with Crippen LogP contribution in [0, 0.1) is 6.92 Å². The van der Waals surface area contributed by atoms with Gasteiger partial charge in [-0.2, -0.15) is 0 Å². The highest BCUT2D eigenvalue weighted by Gasteiger charge is 2.21. The third-order valence-corrected chi connectivity index (χ3v) is 3.43. The molecule has 1 fully saturated rings. The van der Waals surface area contributed by atoms with Crippen molar-refractivity contribution in [1.29, 1.82) is 0 Å². The predicted molar refractivity (Wildman–Crippen MR) is 73.0 cm³/mol. The highest BCUT2D eigenvalue weighted by molar-refractivity contribution is 5.90. The Morgan fingerprint density at radius 2 is 2.53 bits per heavy atom. The fourth-order valence-electron chi connectivity index (χ4n) is 2.43. The summed E-state index contributed by atoms with van der Waals surface area (Å²) in [5, 5.41) is 9.86. The Balaban J connectivity index is 1.85. The monoisotopic (exact) mass is 266 g/mol. The number of rotatable bonds is 5. The van der Waals surface area contributed by atoms with E-state index in [0.717, 1.165) is 31.7 Å². The molecule has 0 aromatic carbocycles. The molecular weight excluding hydrogens is 244 g/mol. The summed E-state index contributed by atoms with van der Waals surface area (Å²) in [6.45, 7) is 7.21. The Kier molecular flexibility index (Phi) is 4.93. The Morgan fingerprint density at radius 3 is 3.11 bits per heavy atom. The van der Waals surface area contributed by atoms with Crippen molar-refractivity contribution in [3.05, 3.63) is 11.8 Å². The van der Waals surface area contributed by atoms with Crippen molar-refractivity contribution in [2.75, 3.05) is 31.5 Å². The molecule has 1 unspecified atom stereocenters. The molecule has 6 nitrogen and oxygen atoms in total. The van der Waals surface area contributed by atoms with Crippen LogP contribution in [0.3, 0.4) is 0 Å². The lowest BCUT2D eigenvalue weighted by molar-refractivity contribution is -0.118. The summed E-state index contributed by atoms with van der Waals surface area (Å²) in [4.78, 5) is 14.2. The zero-order valence-corrected chi connectivity index (χ0v) is 11.6. The second-order valence-corrected chi connectivity index (χ2v) is 4.94. The lowest BCUT2D eigenvalue weighted by Gasteiger charge is -2.33. The molecule has 1 saturated heterocycles. The normalized spacial score (nSPS) is 19.6. The number of likely N-dealkylation sites (N-methyl/N-ethyl adjacent to an activating group) is 1. The SMILES string of the molecule is CCN(CC(=O)Nc1cc(C)no1)C1CCCNC1. The first-order valence-electron chi connectivity index (χ1n) is 6.87. The van der Waals surface area contributed by atoms with Gasteiger partial charge in [-0.05, 0) is 32.9 Å². The van der Waals surface area contributed by atoms with E-state index in [2.05, 4.69) is 27.6 Å². The number of piperidine rings is 1. The van der Waals surface area contributed by atoms with Crippen molar-refractivity contribution in [3.8, 4) is 0 Å². The van der Waals surface area contributed by atoms with E-state index in [1.807, 2.05) is 6.92 Å². The average Bonchev–Trinajstić information content (AvgIpc) is 2.82. The summed E-state index contributed by atoms with van der Waals surface area (Å²) in [7, 11) is 0. The van der Waals surface area contributed by atoms with Crippen LogP contribution in [0.25, 0.3) is 0 Å². The number of hydrogen-bond acceptors (Lipinski definition) is 5. The van der Waals surface area contributed by atoms with Crippen LogP contribution in [-0.4, -0.2) is 48.2 Å². The van der Waals surface area contributed by atoms with Crippen molar-refractivity contribution in [2.24, 2.45) is 0 Å². The smallest absolute Gasteiger partial charge is 0.240 e. The Labute approximate surface area is 113 Å². The van der Waals surface area contributed by atoms with E-state index in [4.69, 9.17) is 4.52 Å². The quantitative estimate of drug-likeness (QED) is 0.832. The molecule has 0 saturated carbocycles. The van der Waals surface area contributed by atoms with Gasteiger partial charge in [-0.3, -0.25) is 15.0 Å². The number of hydrogen-bond donors (Lipinski definition) is 2. The van der Waals surface area contributed by atoms with Crippen LogP contribution in [0.5, 0.6) is 0 Å². The minimum atomic E-state index is -0.0522. The first-order valence-corrected chi connectivity index (χ1v) is 6.87. The molecule has 0 radical (unpaired) electrons. The fourth-order valence-corrected chi connectivity index (χ4v) is 2.43. The van der Waals surface area contributed by atoms with Crippen LogP contribution in [0.15, 0.2) is 10.6 Å². The maximum atomic E-state index is 12.0. The second kappa shape index (κ2) is 6.68. The molecule has 0 bridgehead atoms. The van der Waals surface area contributed by atoms with Gasteiger partial charge < -0.3 is 9.84 Å². The van der Waals surface area contributed by atoms with Crippen LogP contribution < -0.4 is 10.6 Å². The Bertz CT molecular complexity index is 413. The van der Waals surface area contributed by atoms with Gasteiger partial charge in [0.1, 0.15) is 0 Å². The van der Waals surface area contributed by atoms with E-state index in [9.17, 15) is 4.79 Å². The molecule has 1 aliphatic heterocycles. The van der Waals surface area contributed by atoms with E-state index in [0.29, 0.717) is 18.5 Å². The summed E-state index contributed by atoms with van der Waals surface area (Å²) in [6, 6.07) is 2.16. The highest BCUT2D eigenvalue weighted by Crippen LogP contribution is 2.11. The van der Waals surface area contributed by atoms with Gasteiger partial charge in [0.2, 0.25) is 11.8 Å². The molecule has 2 N–H and O–H groups in total. The fraction of sp³-hybridized carbons (Fsp3) is 0.692. The first-order chi connectivity index (χ1) is 9.19. The predicted octanol–water partition coefficient (Wildman–Crippen LogP) is 0.995. The lowest BCUT2D eigenvalue weighted by atomic mass is 10.1. The molecule has 0 aliphatic carbocycles. The third kappa shape index (κ3) is 4.04. The largest absolute Gasteiger partial charge is 0.338 e. The number of carbonyl (C=O) groups excluding carboxylic acids is 1. The topological polar surface area (TPSA) is 70.4 Å². The van der Waals surface area contributed by atoms with Crippen LogP contribution in [0.4, 0.5) is 5.88 Å². The zero-order valence-electron chi connectivity index (χ0n) is 11.6.